The van der Waals surface area contributed by atoms with Crippen molar-refractivity contribution in [1.82, 2.24) is 15.1 Å². The van der Waals surface area contributed by atoms with E-state index in [4.69, 9.17) is 4.74 Å². The number of carbonyl (C=O) groups is 1. The minimum absolute atomic E-state index is 0.0666. The maximum absolute atomic E-state index is 12.0. The Labute approximate surface area is 129 Å². The van der Waals surface area contributed by atoms with Crippen LogP contribution in [0.5, 0.6) is 0 Å². The number of hydrogen-bond donors (Lipinski definition) is 1. The van der Waals surface area contributed by atoms with E-state index in [-0.39, 0.29) is 35.1 Å². The Morgan fingerprint density at radius 3 is 2.77 bits per heavy atom. The molecule has 0 bridgehead atoms. The molecule has 1 fully saturated rings. The van der Waals surface area contributed by atoms with Gasteiger partial charge in [0.1, 0.15) is 12.4 Å². The molecule has 1 aromatic heterocycles. The molecule has 2 rings (SSSR count). The average Bonchev–Trinajstić information content (AvgIpc) is 2.93. The molecule has 0 aromatic carbocycles. The second-order valence-corrected chi connectivity index (χ2v) is 6.45. The van der Waals surface area contributed by atoms with Crippen molar-refractivity contribution in [2.45, 2.75) is 51.8 Å². The highest BCUT2D eigenvalue weighted by molar-refractivity contribution is 5.76. The Kier molecular flexibility index (Phi) is 4.23. The molecule has 8 nitrogen and oxygen atoms in total. The largest absolute Gasteiger partial charge is 0.378 e. The van der Waals surface area contributed by atoms with E-state index in [0.29, 0.717) is 6.54 Å². The summed E-state index contributed by atoms with van der Waals surface area (Å²) in [6.45, 7) is 6.50. The van der Waals surface area contributed by atoms with Crippen molar-refractivity contribution < 1.29 is 14.5 Å². The van der Waals surface area contributed by atoms with E-state index in [9.17, 15) is 14.9 Å². The van der Waals surface area contributed by atoms with Crippen molar-refractivity contribution >= 4 is 11.6 Å². The van der Waals surface area contributed by atoms with E-state index >= 15 is 0 Å². The van der Waals surface area contributed by atoms with Crippen LogP contribution in [0, 0.1) is 15.5 Å². The predicted octanol–water partition coefficient (Wildman–Crippen LogP) is 1.50. The maximum Gasteiger partial charge on any atom is 0.306 e. The van der Waals surface area contributed by atoms with Crippen LogP contribution in [-0.4, -0.2) is 39.4 Å². The van der Waals surface area contributed by atoms with Crippen molar-refractivity contribution in [2.24, 2.45) is 5.41 Å². The lowest BCUT2D eigenvalue weighted by molar-refractivity contribution is -0.385. The molecule has 0 radical (unpaired) electrons. The molecule has 0 aliphatic heterocycles. The molecule has 1 saturated carbocycles. The topological polar surface area (TPSA) is 99.3 Å². The van der Waals surface area contributed by atoms with Crippen molar-refractivity contribution in [3.63, 3.8) is 0 Å². The third kappa shape index (κ3) is 2.83. The highest BCUT2D eigenvalue weighted by atomic mass is 16.6. The van der Waals surface area contributed by atoms with E-state index in [1.165, 1.54) is 17.1 Å². The molecule has 1 aliphatic rings. The summed E-state index contributed by atoms with van der Waals surface area (Å²) in [5.41, 5.74) is -0.438. The third-order valence-electron chi connectivity index (χ3n) is 5.01. The maximum atomic E-state index is 12.0. The SMILES string of the molecule is CO[C@@]1(C)C[C@H](NC(=O)CCn2cc([N+](=O)[O-])cn2)C1(C)C. The van der Waals surface area contributed by atoms with Crippen LogP contribution in [0.2, 0.25) is 0 Å². The molecule has 122 valence electrons. The molecule has 8 heteroatoms. The normalized spacial score (nSPS) is 26.3. The first-order valence-electron chi connectivity index (χ1n) is 7.21. The van der Waals surface area contributed by atoms with Gasteiger partial charge in [-0.2, -0.15) is 5.10 Å². The summed E-state index contributed by atoms with van der Waals surface area (Å²) in [6, 6.07) is 0.0666. The van der Waals surface area contributed by atoms with Crippen molar-refractivity contribution in [3.05, 3.63) is 22.5 Å². The summed E-state index contributed by atoms with van der Waals surface area (Å²) in [7, 11) is 1.68. The average molecular weight is 310 g/mol. The number of nitrogens with one attached hydrogen (secondary N) is 1. The van der Waals surface area contributed by atoms with Crippen molar-refractivity contribution in [1.29, 1.82) is 0 Å². The van der Waals surface area contributed by atoms with Crippen LogP contribution < -0.4 is 5.32 Å². The zero-order chi connectivity index (χ0) is 16.5. The molecule has 1 heterocycles. The van der Waals surface area contributed by atoms with Crippen molar-refractivity contribution in [2.75, 3.05) is 7.11 Å². The van der Waals surface area contributed by atoms with Crippen LogP contribution in [0.3, 0.4) is 0 Å². The molecule has 2 atom stereocenters. The van der Waals surface area contributed by atoms with Crippen LogP contribution >= 0.6 is 0 Å². The first-order valence-corrected chi connectivity index (χ1v) is 7.21. The smallest absolute Gasteiger partial charge is 0.306 e. The summed E-state index contributed by atoms with van der Waals surface area (Å²) in [5.74, 6) is -0.0885. The monoisotopic (exact) mass is 310 g/mol. The number of hydrogen-bond acceptors (Lipinski definition) is 5. The van der Waals surface area contributed by atoms with E-state index in [1.807, 2.05) is 6.92 Å². The molecule has 1 amide bonds. The summed E-state index contributed by atoms with van der Waals surface area (Å²) >= 11 is 0. The Balaban J connectivity index is 1.83. The fourth-order valence-corrected chi connectivity index (χ4v) is 2.77. The molecule has 0 unspecified atom stereocenters. The number of nitro groups is 1. The van der Waals surface area contributed by atoms with Gasteiger partial charge in [-0.3, -0.25) is 19.6 Å². The minimum Gasteiger partial charge on any atom is -0.378 e. The standard InChI is InChI=1S/C14H22N4O4/c1-13(2)11(7-14(13,3)22-4)16-12(19)5-6-17-9-10(8-15-17)18(20)21/h8-9,11H,5-7H2,1-4H3,(H,16,19)/t11-,14-/m0/s1. The highest BCUT2D eigenvalue weighted by Gasteiger charge is 2.58. The Morgan fingerprint density at radius 1 is 1.59 bits per heavy atom. The van der Waals surface area contributed by atoms with Gasteiger partial charge < -0.3 is 10.1 Å². The zero-order valence-electron chi connectivity index (χ0n) is 13.3. The molecule has 1 aliphatic carbocycles. The van der Waals surface area contributed by atoms with Gasteiger partial charge in [0.15, 0.2) is 0 Å². The fourth-order valence-electron chi connectivity index (χ4n) is 2.77. The fraction of sp³-hybridized carbons (Fsp3) is 0.714. The van der Waals surface area contributed by atoms with Gasteiger partial charge in [0.05, 0.1) is 10.5 Å². The van der Waals surface area contributed by atoms with Crippen LogP contribution in [0.1, 0.15) is 33.6 Å². The molecular formula is C14H22N4O4. The van der Waals surface area contributed by atoms with E-state index < -0.39 is 4.92 Å². The summed E-state index contributed by atoms with van der Waals surface area (Å²) in [4.78, 5) is 22.1. The van der Waals surface area contributed by atoms with E-state index in [1.54, 1.807) is 7.11 Å². The van der Waals surface area contributed by atoms with Crippen LogP contribution in [-0.2, 0) is 16.1 Å². The minimum atomic E-state index is -0.508. The quantitative estimate of drug-likeness (QED) is 0.634. The van der Waals surface area contributed by atoms with E-state index in [2.05, 4.69) is 24.3 Å². The highest BCUT2D eigenvalue weighted by Crippen LogP contribution is 2.51. The van der Waals surface area contributed by atoms with Gasteiger partial charge in [-0.1, -0.05) is 13.8 Å². The van der Waals surface area contributed by atoms with Crippen LogP contribution in [0.25, 0.3) is 0 Å². The van der Waals surface area contributed by atoms with Gasteiger partial charge in [-0.15, -0.1) is 0 Å². The van der Waals surface area contributed by atoms with Gasteiger partial charge in [0.2, 0.25) is 5.91 Å². The van der Waals surface area contributed by atoms with Gasteiger partial charge in [0, 0.05) is 31.5 Å². The van der Waals surface area contributed by atoms with Gasteiger partial charge >= 0.3 is 5.69 Å². The first-order chi connectivity index (χ1) is 10.2. The lowest BCUT2D eigenvalue weighted by atomic mass is 9.56. The molecule has 1 N–H and O–H groups in total. The summed E-state index contributed by atoms with van der Waals surface area (Å²) in [5, 5.41) is 17.4. The number of ether oxygens (including phenoxy) is 1. The molecular weight excluding hydrogens is 288 g/mol. The van der Waals surface area contributed by atoms with Gasteiger partial charge in [0.25, 0.3) is 0 Å². The second kappa shape index (κ2) is 5.68. The lowest BCUT2D eigenvalue weighted by Crippen LogP contribution is -2.68. The number of carbonyl (C=O) groups excluding carboxylic acids is 1. The Morgan fingerprint density at radius 2 is 2.27 bits per heavy atom. The van der Waals surface area contributed by atoms with Crippen LogP contribution in [0.15, 0.2) is 12.4 Å². The number of rotatable bonds is 6. The lowest BCUT2D eigenvalue weighted by Gasteiger charge is -2.59. The summed E-state index contributed by atoms with van der Waals surface area (Å²) < 4.78 is 6.93. The zero-order valence-corrected chi connectivity index (χ0v) is 13.3. The predicted molar refractivity (Wildman–Crippen MR) is 79.2 cm³/mol. The first kappa shape index (κ1) is 16.4. The van der Waals surface area contributed by atoms with Gasteiger partial charge in [-0.25, -0.2) is 0 Å². The Bertz CT molecular complexity index is 583. The van der Waals surface area contributed by atoms with Gasteiger partial charge in [-0.05, 0) is 13.3 Å². The Hall–Kier alpha value is -1.96. The molecule has 22 heavy (non-hydrogen) atoms. The number of aromatic nitrogens is 2. The number of amides is 1. The summed E-state index contributed by atoms with van der Waals surface area (Å²) in [6.07, 6.45) is 3.50. The van der Waals surface area contributed by atoms with Crippen molar-refractivity contribution in [3.8, 4) is 0 Å². The molecule has 1 aromatic rings. The third-order valence-corrected chi connectivity index (χ3v) is 5.01. The number of nitrogens with zero attached hydrogens (tertiary/aromatic N) is 3. The number of aryl methyl sites for hydroxylation is 1. The molecule has 0 saturated heterocycles. The second-order valence-electron chi connectivity index (χ2n) is 6.45. The van der Waals surface area contributed by atoms with E-state index in [0.717, 1.165) is 6.42 Å². The van der Waals surface area contributed by atoms with Crippen LogP contribution in [0.4, 0.5) is 5.69 Å². The molecule has 0 spiro atoms. The number of methoxy groups -OCH3 is 1.